The fourth-order valence-corrected chi connectivity index (χ4v) is 2.89. The second kappa shape index (κ2) is 5.58. The van der Waals surface area contributed by atoms with Crippen molar-refractivity contribution in [1.82, 2.24) is 4.98 Å². The monoisotopic (exact) mass is 310 g/mol. The molecule has 0 aliphatic rings. The topological polar surface area (TPSA) is 119 Å². The molecule has 2 aromatic rings. The first-order valence-corrected chi connectivity index (χ1v) is 7.51. The van der Waals surface area contributed by atoms with Gasteiger partial charge in [-0.3, -0.25) is 4.72 Å². The summed E-state index contributed by atoms with van der Waals surface area (Å²) in [5.74, 6) is -1.25. The Bertz CT molecular complexity index is 764. The van der Waals surface area contributed by atoms with Crippen LogP contribution in [0, 0.1) is 0 Å². The summed E-state index contributed by atoms with van der Waals surface area (Å²) < 4.78 is 26.7. The molecule has 1 aromatic heterocycles. The SMILES string of the molecule is CC(O)c1ccccc1NS(=O)(=O)c1c[nH]c(C(=O)O)c1. The predicted octanol–water partition coefficient (Wildman–Crippen LogP) is 1.57. The molecule has 0 saturated carbocycles. The van der Waals surface area contributed by atoms with E-state index in [0.717, 1.165) is 12.3 Å². The number of carbonyl (C=O) groups is 1. The number of nitrogens with one attached hydrogen (secondary N) is 2. The lowest BCUT2D eigenvalue weighted by atomic mass is 10.1. The molecule has 0 amide bonds. The quantitative estimate of drug-likeness (QED) is 0.668. The van der Waals surface area contributed by atoms with Crippen molar-refractivity contribution in [1.29, 1.82) is 0 Å². The van der Waals surface area contributed by atoms with Crippen LogP contribution in [0.15, 0.2) is 41.4 Å². The van der Waals surface area contributed by atoms with Crippen LogP contribution in [-0.2, 0) is 10.0 Å². The molecule has 1 heterocycles. The van der Waals surface area contributed by atoms with Crippen LogP contribution in [0.2, 0.25) is 0 Å². The highest BCUT2D eigenvalue weighted by Crippen LogP contribution is 2.25. The van der Waals surface area contributed by atoms with Crippen molar-refractivity contribution in [2.45, 2.75) is 17.9 Å². The number of hydrogen-bond donors (Lipinski definition) is 4. The summed E-state index contributed by atoms with van der Waals surface area (Å²) >= 11 is 0. The number of aromatic amines is 1. The Morgan fingerprint density at radius 1 is 1.33 bits per heavy atom. The number of hydrogen-bond acceptors (Lipinski definition) is 4. The number of aromatic nitrogens is 1. The maximum absolute atomic E-state index is 12.2. The highest BCUT2D eigenvalue weighted by molar-refractivity contribution is 7.92. The predicted molar refractivity (Wildman–Crippen MR) is 75.6 cm³/mol. The normalized spacial score (nSPS) is 12.9. The van der Waals surface area contributed by atoms with Gasteiger partial charge in [-0.25, -0.2) is 13.2 Å². The number of aliphatic hydroxyl groups is 1. The van der Waals surface area contributed by atoms with Crippen LogP contribution in [0.3, 0.4) is 0 Å². The molecule has 21 heavy (non-hydrogen) atoms. The molecular weight excluding hydrogens is 296 g/mol. The summed E-state index contributed by atoms with van der Waals surface area (Å²) in [5.41, 5.74) is 0.444. The van der Waals surface area contributed by atoms with Crippen LogP contribution in [0.1, 0.15) is 29.1 Å². The lowest BCUT2D eigenvalue weighted by molar-refractivity contribution is 0.0691. The van der Waals surface area contributed by atoms with E-state index in [1.54, 1.807) is 18.2 Å². The van der Waals surface area contributed by atoms with Gasteiger partial charge in [0.1, 0.15) is 10.6 Å². The highest BCUT2D eigenvalue weighted by Gasteiger charge is 2.20. The van der Waals surface area contributed by atoms with E-state index in [1.165, 1.54) is 13.0 Å². The van der Waals surface area contributed by atoms with E-state index in [0.29, 0.717) is 5.56 Å². The maximum Gasteiger partial charge on any atom is 0.352 e. The van der Waals surface area contributed by atoms with Crippen LogP contribution in [0.25, 0.3) is 0 Å². The number of para-hydroxylation sites is 1. The zero-order valence-electron chi connectivity index (χ0n) is 11.1. The van der Waals surface area contributed by atoms with E-state index >= 15 is 0 Å². The van der Waals surface area contributed by atoms with Crippen molar-refractivity contribution >= 4 is 21.7 Å². The number of sulfonamides is 1. The van der Waals surface area contributed by atoms with E-state index in [9.17, 15) is 18.3 Å². The number of H-pyrrole nitrogens is 1. The third kappa shape index (κ3) is 3.23. The minimum absolute atomic E-state index is 0.194. The number of rotatable bonds is 5. The van der Waals surface area contributed by atoms with Crippen molar-refractivity contribution in [3.8, 4) is 0 Å². The smallest absolute Gasteiger partial charge is 0.352 e. The molecule has 0 saturated heterocycles. The third-order valence-electron chi connectivity index (χ3n) is 2.85. The van der Waals surface area contributed by atoms with E-state index in [1.807, 2.05) is 0 Å². The van der Waals surface area contributed by atoms with Gasteiger partial charge in [-0.15, -0.1) is 0 Å². The Morgan fingerprint density at radius 3 is 2.57 bits per heavy atom. The summed E-state index contributed by atoms with van der Waals surface area (Å²) in [6, 6.07) is 7.45. The van der Waals surface area contributed by atoms with Crippen molar-refractivity contribution < 1.29 is 23.4 Å². The minimum Gasteiger partial charge on any atom is -0.477 e. The van der Waals surface area contributed by atoms with Gasteiger partial charge in [0.2, 0.25) is 0 Å². The molecule has 1 unspecified atom stereocenters. The molecule has 1 aromatic carbocycles. The Kier molecular flexibility index (Phi) is 4.01. The fraction of sp³-hybridized carbons (Fsp3) is 0.154. The molecule has 0 radical (unpaired) electrons. The van der Waals surface area contributed by atoms with Crippen LogP contribution in [0.5, 0.6) is 0 Å². The molecule has 0 aliphatic heterocycles. The molecule has 2 rings (SSSR count). The number of anilines is 1. The highest BCUT2D eigenvalue weighted by atomic mass is 32.2. The van der Waals surface area contributed by atoms with E-state index in [2.05, 4.69) is 9.71 Å². The van der Waals surface area contributed by atoms with Crippen LogP contribution >= 0.6 is 0 Å². The molecule has 0 fully saturated rings. The van der Waals surface area contributed by atoms with E-state index < -0.39 is 22.1 Å². The first-order valence-electron chi connectivity index (χ1n) is 6.03. The van der Waals surface area contributed by atoms with E-state index in [-0.39, 0.29) is 16.3 Å². The van der Waals surface area contributed by atoms with Gasteiger partial charge < -0.3 is 15.2 Å². The first kappa shape index (κ1) is 15.1. The standard InChI is InChI=1S/C13H14N2O5S/c1-8(16)10-4-2-3-5-11(10)15-21(19,20)9-6-12(13(17)18)14-7-9/h2-8,14-16H,1H3,(H,17,18). The summed E-state index contributed by atoms with van der Waals surface area (Å²) in [6.45, 7) is 1.52. The second-order valence-electron chi connectivity index (χ2n) is 4.42. The Hall–Kier alpha value is -2.32. The van der Waals surface area contributed by atoms with Crippen molar-refractivity contribution in [3.63, 3.8) is 0 Å². The Labute approximate surface area is 121 Å². The minimum atomic E-state index is -3.94. The molecular formula is C13H14N2O5S. The van der Waals surface area contributed by atoms with Gasteiger partial charge in [-0.05, 0) is 19.1 Å². The average molecular weight is 310 g/mol. The van der Waals surface area contributed by atoms with Crippen LogP contribution in [-0.4, -0.2) is 29.6 Å². The summed E-state index contributed by atoms with van der Waals surface area (Å²) in [7, 11) is -3.94. The Balaban J connectivity index is 2.35. The van der Waals surface area contributed by atoms with Crippen LogP contribution < -0.4 is 4.72 Å². The third-order valence-corrected chi connectivity index (χ3v) is 4.20. The van der Waals surface area contributed by atoms with E-state index in [4.69, 9.17) is 5.11 Å². The number of carboxylic acids is 1. The first-order chi connectivity index (χ1) is 9.81. The number of benzene rings is 1. The van der Waals surface area contributed by atoms with Crippen molar-refractivity contribution in [2.24, 2.45) is 0 Å². The maximum atomic E-state index is 12.2. The molecule has 7 nitrogen and oxygen atoms in total. The zero-order chi connectivity index (χ0) is 15.6. The van der Waals surface area contributed by atoms with Gasteiger partial charge in [0.15, 0.2) is 0 Å². The summed E-state index contributed by atoms with van der Waals surface area (Å²) in [5, 5.41) is 18.4. The van der Waals surface area contributed by atoms with Crippen molar-refractivity contribution in [3.05, 3.63) is 47.8 Å². The Morgan fingerprint density at radius 2 is 2.00 bits per heavy atom. The summed E-state index contributed by atoms with van der Waals surface area (Å²) in [4.78, 5) is 12.9. The van der Waals surface area contributed by atoms with Gasteiger partial charge in [-0.2, -0.15) is 0 Å². The zero-order valence-corrected chi connectivity index (χ0v) is 11.9. The largest absolute Gasteiger partial charge is 0.477 e. The molecule has 8 heteroatoms. The average Bonchev–Trinajstić information content (AvgIpc) is 2.89. The molecule has 0 bridgehead atoms. The number of aromatic carboxylic acids is 1. The van der Waals surface area contributed by atoms with Gasteiger partial charge in [0.05, 0.1) is 11.8 Å². The molecule has 4 N–H and O–H groups in total. The lowest BCUT2D eigenvalue weighted by Gasteiger charge is -2.13. The fourth-order valence-electron chi connectivity index (χ4n) is 1.81. The molecule has 0 aliphatic carbocycles. The molecule has 1 atom stereocenters. The molecule has 112 valence electrons. The number of carboxylic acid groups (broad SMARTS) is 1. The number of aliphatic hydroxyl groups excluding tert-OH is 1. The van der Waals surface area contributed by atoms with Crippen molar-refractivity contribution in [2.75, 3.05) is 4.72 Å². The van der Waals surface area contributed by atoms with Gasteiger partial charge in [0, 0.05) is 11.8 Å². The molecule has 0 spiro atoms. The van der Waals surface area contributed by atoms with Gasteiger partial charge in [0.25, 0.3) is 10.0 Å². The summed E-state index contributed by atoms with van der Waals surface area (Å²) in [6.07, 6.45) is 0.251. The van der Waals surface area contributed by atoms with Crippen LogP contribution in [0.4, 0.5) is 5.69 Å². The van der Waals surface area contributed by atoms with Gasteiger partial charge in [-0.1, -0.05) is 18.2 Å². The van der Waals surface area contributed by atoms with Gasteiger partial charge >= 0.3 is 5.97 Å². The lowest BCUT2D eigenvalue weighted by Crippen LogP contribution is -2.14. The second-order valence-corrected chi connectivity index (χ2v) is 6.11.